The van der Waals surface area contributed by atoms with Crippen molar-refractivity contribution in [1.29, 1.82) is 0 Å². The molecular weight excluding hydrogens is 389 g/mol. The number of carbonyl (C=O) groups excluding carboxylic acids is 1. The Kier molecular flexibility index (Phi) is 4.52. The molecule has 4 rings (SSSR count). The van der Waals surface area contributed by atoms with Crippen molar-refractivity contribution in [2.75, 3.05) is 26.7 Å². The van der Waals surface area contributed by atoms with Crippen LogP contribution >= 0.6 is 15.9 Å². The maximum Gasteiger partial charge on any atom is 0.230 e. The molecule has 0 fully saturated rings. The topological polar surface area (TPSA) is 39.3 Å². The van der Waals surface area contributed by atoms with Crippen LogP contribution < -0.4 is 5.46 Å². The summed E-state index contributed by atoms with van der Waals surface area (Å²) in [7, 11) is 8.32. The fraction of sp³-hybridized carbons (Fsp3) is 0.450. The number of nitrogens with zero attached hydrogens (tertiary/aromatic N) is 2. The Bertz CT molecular complexity index is 915. The molecule has 2 atom stereocenters. The van der Waals surface area contributed by atoms with Crippen molar-refractivity contribution in [1.82, 2.24) is 14.8 Å². The zero-order valence-corrected chi connectivity index (χ0v) is 17.1. The van der Waals surface area contributed by atoms with E-state index in [4.69, 9.17) is 7.85 Å². The molecule has 2 aliphatic rings. The predicted molar refractivity (Wildman–Crippen MR) is 111 cm³/mol. The largest absolute Gasteiger partial charge is 0.350 e. The average molecular weight is 412 g/mol. The fourth-order valence-corrected chi connectivity index (χ4v) is 5.06. The average Bonchev–Trinajstić information content (AvgIpc) is 2.97. The molecule has 0 saturated heterocycles. The quantitative estimate of drug-likeness (QED) is 0.788. The minimum atomic E-state index is -0.0947. The van der Waals surface area contributed by atoms with Gasteiger partial charge in [0, 0.05) is 36.6 Å². The van der Waals surface area contributed by atoms with Gasteiger partial charge in [0.05, 0.1) is 10.5 Å². The smallest absolute Gasteiger partial charge is 0.230 e. The number of aromatic nitrogens is 1. The summed E-state index contributed by atoms with van der Waals surface area (Å²) in [5.74, 6) is 0.128. The van der Waals surface area contributed by atoms with Gasteiger partial charge < -0.3 is 9.88 Å². The van der Waals surface area contributed by atoms with Crippen LogP contribution in [0.5, 0.6) is 0 Å². The first-order chi connectivity index (χ1) is 12.5. The predicted octanol–water partition coefficient (Wildman–Crippen LogP) is 2.46. The zero-order valence-electron chi connectivity index (χ0n) is 15.5. The van der Waals surface area contributed by atoms with Crippen LogP contribution in [-0.2, 0) is 11.2 Å². The Hall–Kier alpha value is -1.53. The number of likely N-dealkylation sites (N-methyl/N-ethyl adjacent to an activating group) is 1. The van der Waals surface area contributed by atoms with Crippen molar-refractivity contribution in [3.63, 3.8) is 0 Å². The Morgan fingerprint density at radius 3 is 2.81 bits per heavy atom. The molecule has 2 heterocycles. The molecule has 4 nitrogen and oxygen atoms in total. The normalized spacial score (nSPS) is 22.2. The van der Waals surface area contributed by atoms with Crippen LogP contribution in [0.25, 0.3) is 16.5 Å². The van der Waals surface area contributed by atoms with E-state index in [-0.39, 0.29) is 11.8 Å². The second kappa shape index (κ2) is 6.57. The van der Waals surface area contributed by atoms with Crippen LogP contribution in [0.15, 0.2) is 22.8 Å². The van der Waals surface area contributed by atoms with Gasteiger partial charge in [0.2, 0.25) is 5.91 Å². The van der Waals surface area contributed by atoms with Gasteiger partial charge in [0.1, 0.15) is 7.85 Å². The Balaban J connectivity index is 1.85. The lowest BCUT2D eigenvalue weighted by Crippen LogP contribution is -2.47. The molecule has 1 aromatic carbocycles. The summed E-state index contributed by atoms with van der Waals surface area (Å²) in [6, 6.07) is 4.36. The lowest BCUT2D eigenvalue weighted by molar-refractivity contribution is -0.134. The van der Waals surface area contributed by atoms with E-state index < -0.39 is 0 Å². The number of nitrogens with one attached hydrogen (secondary N) is 1. The van der Waals surface area contributed by atoms with Crippen molar-refractivity contribution in [2.24, 2.45) is 5.92 Å². The zero-order chi connectivity index (χ0) is 18.6. The van der Waals surface area contributed by atoms with Gasteiger partial charge in [-0.15, -0.1) is 0 Å². The molecule has 1 aliphatic carbocycles. The number of rotatable bonds is 3. The summed E-state index contributed by atoms with van der Waals surface area (Å²) in [5.41, 5.74) is 5.49. The molecule has 1 N–H and O–H groups in total. The number of aromatic amines is 1. The third kappa shape index (κ3) is 2.57. The Morgan fingerprint density at radius 2 is 2.12 bits per heavy atom. The molecule has 2 radical (unpaired) electrons. The molecule has 1 amide bonds. The number of benzene rings is 1. The standard InChI is InChI=1S/C20H23BBrN3O/c1-4-25(5-2)20(26)11-8-13-12-6-7-15(21)18-17(12)14(19(22)23-18)9-16(13)24(3)10-11/h6-8,11,16,23H,4-5,9-10H2,1-3H3/t11-,16?/m1/s1. The summed E-state index contributed by atoms with van der Waals surface area (Å²) in [4.78, 5) is 20.6. The highest BCUT2D eigenvalue weighted by molar-refractivity contribution is 9.10. The highest BCUT2D eigenvalue weighted by Gasteiger charge is 2.37. The van der Waals surface area contributed by atoms with Gasteiger partial charge >= 0.3 is 0 Å². The molecule has 0 saturated carbocycles. The van der Waals surface area contributed by atoms with Gasteiger partial charge in [-0.3, -0.25) is 9.69 Å². The molecule has 6 heteroatoms. The van der Waals surface area contributed by atoms with E-state index in [1.165, 1.54) is 22.1 Å². The summed E-state index contributed by atoms with van der Waals surface area (Å²) in [6.07, 6.45) is 3.13. The first-order valence-corrected chi connectivity index (χ1v) is 10.0. The van der Waals surface area contributed by atoms with Gasteiger partial charge in [0.25, 0.3) is 0 Å². The van der Waals surface area contributed by atoms with E-state index in [0.717, 1.165) is 41.6 Å². The van der Waals surface area contributed by atoms with E-state index in [1.54, 1.807) is 0 Å². The van der Waals surface area contributed by atoms with E-state index >= 15 is 0 Å². The van der Waals surface area contributed by atoms with Crippen molar-refractivity contribution >= 4 is 51.6 Å². The van der Waals surface area contributed by atoms with Gasteiger partial charge in [-0.2, -0.15) is 0 Å². The Morgan fingerprint density at radius 1 is 1.38 bits per heavy atom. The lowest BCUT2D eigenvalue weighted by Gasteiger charge is -2.40. The van der Waals surface area contributed by atoms with Crippen LogP contribution in [0.1, 0.15) is 25.0 Å². The van der Waals surface area contributed by atoms with Crippen molar-refractivity contribution in [2.45, 2.75) is 26.3 Å². The number of hydrogen-bond donors (Lipinski definition) is 1. The van der Waals surface area contributed by atoms with Crippen LogP contribution in [0.2, 0.25) is 0 Å². The van der Waals surface area contributed by atoms with Crippen molar-refractivity contribution in [3.05, 3.63) is 33.9 Å². The van der Waals surface area contributed by atoms with Gasteiger partial charge in [0.15, 0.2) is 0 Å². The van der Waals surface area contributed by atoms with Gasteiger partial charge in [-0.05, 0) is 59.9 Å². The Labute approximate surface area is 164 Å². The second-order valence-corrected chi connectivity index (χ2v) is 8.06. The van der Waals surface area contributed by atoms with Crippen LogP contribution in [0.4, 0.5) is 0 Å². The van der Waals surface area contributed by atoms with E-state index in [1.807, 2.05) is 24.8 Å². The van der Waals surface area contributed by atoms with Crippen molar-refractivity contribution < 1.29 is 4.79 Å². The third-order valence-electron chi connectivity index (χ3n) is 5.90. The molecule has 0 spiro atoms. The first-order valence-electron chi connectivity index (χ1n) is 9.25. The summed E-state index contributed by atoms with van der Waals surface area (Å²) >= 11 is 3.67. The minimum Gasteiger partial charge on any atom is -0.350 e. The molecule has 1 unspecified atom stereocenters. The van der Waals surface area contributed by atoms with E-state index in [2.05, 4.69) is 45.0 Å². The van der Waals surface area contributed by atoms with Crippen LogP contribution in [0, 0.1) is 5.92 Å². The highest BCUT2D eigenvalue weighted by atomic mass is 79.9. The maximum atomic E-state index is 12.9. The summed E-state index contributed by atoms with van der Waals surface area (Å²) in [5, 5.41) is 1.20. The molecule has 1 aliphatic heterocycles. The summed E-state index contributed by atoms with van der Waals surface area (Å²) < 4.78 is 1.01. The van der Waals surface area contributed by atoms with Crippen LogP contribution in [0.3, 0.4) is 0 Å². The number of carbonyl (C=O) groups is 1. The van der Waals surface area contributed by atoms with Gasteiger partial charge in [-0.1, -0.05) is 23.7 Å². The number of fused-ring (bicyclic) bond motifs is 2. The van der Waals surface area contributed by atoms with Crippen molar-refractivity contribution in [3.8, 4) is 0 Å². The molecular formula is C20H23BBrN3O. The monoisotopic (exact) mass is 411 g/mol. The molecule has 1 aromatic heterocycles. The number of amides is 1. The molecule has 0 bridgehead atoms. The van der Waals surface area contributed by atoms with Crippen LogP contribution in [-0.4, -0.2) is 61.3 Å². The van der Waals surface area contributed by atoms with Gasteiger partial charge in [-0.25, -0.2) is 0 Å². The molecule has 2 aromatic rings. The summed E-state index contributed by atoms with van der Waals surface area (Å²) in [6.45, 7) is 6.35. The number of H-pyrrole nitrogens is 1. The molecule has 134 valence electrons. The third-order valence-corrected chi connectivity index (χ3v) is 6.57. The number of hydrogen-bond acceptors (Lipinski definition) is 2. The fourth-order valence-electron chi connectivity index (χ4n) is 4.50. The van der Waals surface area contributed by atoms with E-state index in [0.29, 0.717) is 6.04 Å². The second-order valence-electron chi connectivity index (χ2n) is 7.27. The highest BCUT2D eigenvalue weighted by Crippen LogP contribution is 2.43. The SMILES string of the molecule is [B]c1ccc2c3c(c(Br)[nH]c13)CC1C2=C[C@@H](C(=O)N(CC)CC)CN1C. The van der Waals surface area contributed by atoms with E-state index in [9.17, 15) is 4.79 Å². The molecule has 26 heavy (non-hydrogen) atoms. The number of halogens is 1. The minimum absolute atomic E-state index is 0.0947. The first kappa shape index (κ1) is 17.9. The maximum absolute atomic E-state index is 12.9. The lowest BCUT2D eigenvalue weighted by atomic mass is 9.78.